The van der Waals surface area contributed by atoms with E-state index in [2.05, 4.69) is 16.0 Å². The lowest BCUT2D eigenvalue weighted by atomic mass is 9.81. The molecule has 0 unspecified atom stereocenters. The molecule has 0 aliphatic carbocycles. The molecule has 0 aromatic rings. The Hall–Kier alpha value is -6.24. The van der Waals surface area contributed by atoms with Crippen LogP contribution in [0.25, 0.3) is 0 Å². The maximum absolute atomic E-state index is 14.9. The third kappa shape index (κ3) is 45.9. The number of ether oxygens (including phenoxy) is 8. The number of carbonyl (C=O) groups excluding carboxylic acids is 12. The van der Waals surface area contributed by atoms with Crippen molar-refractivity contribution in [1.29, 1.82) is 0 Å². The molecule has 0 aromatic carbocycles. The van der Waals surface area contributed by atoms with Gasteiger partial charge in [-0.25, -0.2) is 5.90 Å². The van der Waals surface area contributed by atoms with E-state index in [1.807, 2.05) is 0 Å². The van der Waals surface area contributed by atoms with Crippen LogP contribution >= 0.6 is 0 Å². The first-order valence-electron chi connectivity index (χ1n) is 34.2. The average molecular weight is 1380 g/mol. The van der Waals surface area contributed by atoms with Gasteiger partial charge in [-0.2, -0.15) is 0 Å². The van der Waals surface area contributed by atoms with Crippen molar-refractivity contribution < 1.29 is 100 Å². The zero-order chi connectivity index (χ0) is 75.5. The molecule has 0 radical (unpaired) electrons. The summed E-state index contributed by atoms with van der Waals surface area (Å²) in [6.45, 7) is 40.6. The Balaban J connectivity index is 8.35. The minimum Gasteiger partial charge on any atom is -0.460 e. The van der Waals surface area contributed by atoms with Gasteiger partial charge in [0.05, 0.1) is 5.60 Å². The van der Waals surface area contributed by atoms with E-state index in [-0.39, 0.29) is 135 Å². The van der Waals surface area contributed by atoms with Crippen molar-refractivity contribution in [2.75, 3.05) is 0 Å². The van der Waals surface area contributed by atoms with Gasteiger partial charge in [-0.1, -0.05) is 0 Å². The fourth-order valence-electron chi connectivity index (χ4n) is 10.5. The number of esters is 8. The van der Waals surface area contributed by atoms with Crippen molar-refractivity contribution in [2.45, 2.75) is 387 Å². The number of amides is 3. The fourth-order valence-corrected chi connectivity index (χ4v) is 10.5. The molecular weight excluding hydrogens is 1260 g/mol. The van der Waals surface area contributed by atoms with E-state index in [0.29, 0.717) is 6.29 Å². The second kappa shape index (κ2) is 38.4. The summed E-state index contributed by atoms with van der Waals surface area (Å²) in [6.07, 6.45) is -4.64. The topological polar surface area (TPSA) is 350 Å². The van der Waals surface area contributed by atoms with Crippen molar-refractivity contribution in [2.24, 2.45) is 5.90 Å². The Morgan fingerprint density at radius 1 is 0.258 bits per heavy atom. The van der Waals surface area contributed by atoms with Crippen LogP contribution in [0, 0.1) is 0 Å². The normalized spacial score (nSPS) is 13.1. The first-order valence-corrected chi connectivity index (χ1v) is 34.2. The van der Waals surface area contributed by atoms with Crippen LogP contribution in [0.3, 0.4) is 0 Å². The summed E-state index contributed by atoms with van der Waals surface area (Å²) in [5.41, 5.74) is -13.2. The van der Waals surface area contributed by atoms with Gasteiger partial charge >= 0.3 is 47.8 Å². The fraction of sp³-hybridized carbons (Fsp3) is 0.833. The number of rotatable bonds is 40. The molecule has 3 amide bonds. The molecule has 0 saturated carbocycles. The predicted molar refractivity (Wildman–Crippen MR) is 364 cm³/mol. The number of hydrogen-bond donors (Lipinski definition) is 4. The summed E-state index contributed by atoms with van der Waals surface area (Å²) < 4.78 is 45.2. The highest BCUT2D eigenvalue weighted by Gasteiger charge is 2.42. The maximum Gasteiger partial charge on any atom is 0.306 e. The first kappa shape index (κ1) is 90.8. The summed E-state index contributed by atoms with van der Waals surface area (Å²) in [6, 6.07) is 0. The van der Waals surface area contributed by atoms with Gasteiger partial charge in [0.25, 0.3) is 0 Å². The molecule has 0 rings (SSSR count). The molecular formula is C72H126N4O21. The van der Waals surface area contributed by atoms with E-state index >= 15 is 0 Å². The summed E-state index contributed by atoms with van der Waals surface area (Å²) in [4.78, 5) is 170. The highest BCUT2D eigenvalue weighted by Crippen LogP contribution is 2.35. The zero-order valence-corrected chi connectivity index (χ0v) is 63.7. The number of carbonyl (C=O) groups is 12. The third-order valence-corrected chi connectivity index (χ3v) is 14.4. The molecule has 0 saturated heterocycles. The molecule has 25 heteroatoms. The van der Waals surface area contributed by atoms with Gasteiger partial charge in [0.1, 0.15) is 51.1 Å². The number of nitrogens with two attached hydrogens (primary N) is 1. The Labute approximate surface area is 579 Å². The van der Waals surface area contributed by atoms with Crippen molar-refractivity contribution >= 4 is 71.8 Å². The highest BCUT2D eigenvalue weighted by atomic mass is 16.6. The molecule has 0 atom stereocenters. The minimum atomic E-state index is -1.76. The molecule has 0 heterocycles. The number of hydrogen-bond acceptors (Lipinski definition) is 22. The lowest BCUT2D eigenvalue weighted by Gasteiger charge is -2.38. The van der Waals surface area contributed by atoms with Crippen molar-refractivity contribution in [3.05, 3.63) is 0 Å². The third-order valence-electron chi connectivity index (χ3n) is 14.4. The first-order chi connectivity index (χ1) is 43.7. The van der Waals surface area contributed by atoms with Crippen LogP contribution < -0.4 is 21.8 Å². The molecule has 25 nitrogen and oxygen atoms in total. The van der Waals surface area contributed by atoms with Gasteiger partial charge in [-0.3, -0.25) is 57.6 Å². The van der Waals surface area contributed by atoms with Crippen LogP contribution in [0.4, 0.5) is 0 Å². The number of nitrogens with one attached hydrogen (secondary N) is 3. The molecule has 97 heavy (non-hydrogen) atoms. The van der Waals surface area contributed by atoms with Gasteiger partial charge in [0, 0.05) is 93.7 Å². The summed E-state index contributed by atoms with van der Waals surface area (Å²) >= 11 is 0. The summed E-state index contributed by atoms with van der Waals surface area (Å²) in [5, 5.41) is 9.11. The van der Waals surface area contributed by atoms with E-state index in [0.717, 1.165) is 0 Å². The van der Waals surface area contributed by atoms with Crippen molar-refractivity contribution in [3.63, 3.8) is 0 Å². The van der Waals surface area contributed by atoms with Crippen molar-refractivity contribution in [3.8, 4) is 0 Å². The Morgan fingerprint density at radius 2 is 0.412 bits per heavy atom. The molecule has 0 aliphatic heterocycles. The van der Waals surface area contributed by atoms with Gasteiger partial charge in [-0.15, -0.1) is 0 Å². The zero-order valence-electron chi connectivity index (χ0n) is 63.7. The second-order valence-electron chi connectivity index (χ2n) is 33.7. The average Bonchev–Trinajstić information content (AvgIpc) is 0.842. The van der Waals surface area contributed by atoms with Gasteiger partial charge < -0.3 is 58.6 Å². The van der Waals surface area contributed by atoms with Gasteiger partial charge in [0.15, 0.2) is 0 Å². The van der Waals surface area contributed by atoms with Crippen molar-refractivity contribution in [1.82, 2.24) is 16.0 Å². The maximum atomic E-state index is 14.9. The van der Waals surface area contributed by atoms with E-state index in [1.54, 1.807) is 166 Å². The van der Waals surface area contributed by atoms with Gasteiger partial charge in [0.2, 0.25) is 17.7 Å². The molecule has 0 aliphatic rings. The second-order valence-corrected chi connectivity index (χ2v) is 33.7. The molecule has 0 spiro atoms. The molecule has 560 valence electrons. The molecule has 0 bridgehead atoms. The monoisotopic (exact) mass is 1380 g/mol. The largest absolute Gasteiger partial charge is 0.460 e. The van der Waals surface area contributed by atoms with Crippen LogP contribution in [0.1, 0.15) is 320 Å². The quantitative estimate of drug-likeness (QED) is 0.0192. The van der Waals surface area contributed by atoms with Crippen LogP contribution in [0.2, 0.25) is 0 Å². The van der Waals surface area contributed by atoms with E-state index in [9.17, 15) is 57.5 Å². The van der Waals surface area contributed by atoms with Gasteiger partial charge in [-0.05, 0) is 243 Å². The smallest absolute Gasteiger partial charge is 0.306 e. The Morgan fingerprint density at radius 3 is 0.546 bits per heavy atom. The highest BCUT2D eigenvalue weighted by molar-refractivity contribution is 5.81. The molecule has 0 aromatic heterocycles. The molecule has 0 fully saturated rings. The Kier molecular flexibility index (Phi) is 35.9. The number of aldehydes is 1. The minimum absolute atomic E-state index is 0.0121. The van der Waals surface area contributed by atoms with E-state index < -0.39 is 152 Å². The van der Waals surface area contributed by atoms with Crippen LogP contribution in [0.5, 0.6) is 0 Å². The molecule has 5 N–H and O–H groups in total. The predicted octanol–water partition coefficient (Wildman–Crippen LogP) is 11.5. The summed E-state index contributed by atoms with van der Waals surface area (Å²) in [5.74, 6) is -0.661. The lowest BCUT2D eigenvalue weighted by Crippen LogP contribution is -2.51. The van der Waals surface area contributed by atoms with Crippen LogP contribution in [-0.2, 0) is 100 Å². The Bertz CT molecular complexity index is 2300. The van der Waals surface area contributed by atoms with E-state index in [4.69, 9.17) is 48.6 Å². The standard InChI is InChI=1S/C72H126N4O21/c1-61(2,3)89-53(81)29-38-69(37-25-49-77,39-30-54(82)90-62(4,5)6)74-50(78)26-46-72(97-73,47-27-51(79)75-70(40-31-55(83)91-63(7,8)9,41-32-56(84)92-64(10,11)12)42-33-57(85)93-65(13,14)15)48-28-52(80)76-71(43-34-58(86)94-66(16,17)18,44-35-59(87)95-67(19,20)21)45-36-60(88)96-68(22,23)24/h49H,25-48,73H2,1-24H3,(H,74,78)(H,75,79)(H,76,80). The SMILES string of the molecule is CC(C)(C)OC(=O)CCC(CCC=O)(CCC(=O)OC(C)(C)C)NC(=O)CCC(CCC(=O)NC(CCC(=O)OC(C)(C)C)(CCC(=O)OC(C)(C)C)CCC(=O)OC(C)(C)C)(CCC(=O)NC(CCC(=O)OC(C)(C)C)(CCC(=O)OC(C)(C)C)CCC(=O)OC(C)(C)C)ON. The summed E-state index contributed by atoms with van der Waals surface area (Å²) in [7, 11) is 0. The van der Waals surface area contributed by atoms with Crippen LogP contribution in [0.15, 0.2) is 0 Å². The lowest BCUT2D eigenvalue weighted by molar-refractivity contribution is -0.158. The van der Waals surface area contributed by atoms with Crippen LogP contribution in [-0.4, -0.2) is 139 Å². The van der Waals surface area contributed by atoms with E-state index in [1.165, 1.54) is 0 Å².